The summed E-state index contributed by atoms with van der Waals surface area (Å²) in [6, 6.07) is 59.2. The number of carbonyl (C=O) groups excluding carboxylic acids is 1. The van der Waals surface area contributed by atoms with Gasteiger partial charge < -0.3 is 56.1 Å². The smallest absolute Gasteiger partial charge is 0.335 e. The molecule has 2 fully saturated rings. The van der Waals surface area contributed by atoms with Crippen LogP contribution in [0.3, 0.4) is 0 Å². The van der Waals surface area contributed by atoms with Crippen molar-refractivity contribution in [2.45, 2.75) is 147 Å². The highest BCUT2D eigenvalue weighted by molar-refractivity contribution is 7.41. The topological polar surface area (TPSA) is 137 Å². The molecule has 0 saturated carbocycles. The molecule has 0 aliphatic carbocycles. The molecule has 6 aromatic rings. The van der Waals surface area contributed by atoms with Crippen molar-refractivity contribution in [3.63, 3.8) is 0 Å². The Morgan fingerprint density at radius 2 is 0.785 bits per heavy atom. The van der Waals surface area contributed by atoms with E-state index in [1.54, 1.807) is 0 Å². The number of rotatable bonds is 28. The van der Waals surface area contributed by atoms with Crippen LogP contribution in [0.1, 0.15) is 61.1 Å². The van der Waals surface area contributed by atoms with Gasteiger partial charge in [-0.3, -0.25) is 9.32 Å². The van der Waals surface area contributed by atoms with Crippen LogP contribution in [0.15, 0.2) is 182 Å². The van der Waals surface area contributed by atoms with Crippen molar-refractivity contribution in [2.24, 2.45) is 0 Å². The summed E-state index contributed by atoms with van der Waals surface area (Å²) < 4.78 is 88.5. The van der Waals surface area contributed by atoms with Crippen LogP contribution in [-0.2, 0) is 105 Å². The third kappa shape index (κ3) is 18.0. The van der Waals surface area contributed by atoms with E-state index in [4.69, 9.17) is 60.6 Å². The zero-order chi connectivity index (χ0) is 55.5. The largest absolute Gasteiger partial charge is 0.433 e. The first-order chi connectivity index (χ1) is 38.3. The zero-order valence-electron chi connectivity index (χ0n) is 46.4. The van der Waals surface area contributed by atoms with E-state index in [1.807, 2.05) is 182 Å². The predicted molar refractivity (Wildman–Crippen MR) is 303 cm³/mol. The van der Waals surface area contributed by atoms with Crippen molar-refractivity contribution < 1.29 is 65.4 Å². The summed E-state index contributed by atoms with van der Waals surface area (Å²) in [5.41, 5.74) is 5.64. The third-order valence-corrected chi connectivity index (χ3v) is 19.7. The number of carbonyl (C=O) groups is 1. The van der Waals surface area contributed by atoms with E-state index < -0.39 is 84.3 Å². The van der Waals surface area contributed by atoms with E-state index in [2.05, 4.69) is 33.9 Å². The van der Waals surface area contributed by atoms with Crippen LogP contribution in [0.25, 0.3) is 0 Å². The average molecular weight is 1120 g/mol. The first kappa shape index (κ1) is 60.1. The molecule has 0 radical (unpaired) electrons. The summed E-state index contributed by atoms with van der Waals surface area (Å²) in [5.74, 6) is -0.566. The lowest BCUT2D eigenvalue weighted by atomic mass is 9.98. The summed E-state index contributed by atoms with van der Waals surface area (Å²) in [5, 5.41) is -0.182. The number of benzene rings is 6. The van der Waals surface area contributed by atoms with Gasteiger partial charge in [-0.1, -0.05) is 203 Å². The fraction of sp³-hybridized carbons (Fsp3) is 0.413. The minimum absolute atomic E-state index is 0.00769. The molecule has 6 aromatic carbocycles. The van der Waals surface area contributed by atoms with Crippen molar-refractivity contribution >= 4 is 22.9 Å². The molecule has 0 aromatic heterocycles. The van der Waals surface area contributed by atoms with Crippen molar-refractivity contribution in [1.82, 2.24) is 0 Å². The van der Waals surface area contributed by atoms with E-state index in [0.29, 0.717) is 6.61 Å². The Hall–Kier alpha value is -5.04. The Labute approximate surface area is 468 Å². The maximum Gasteiger partial charge on any atom is 0.335 e. The van der Waals surface area contributed by atoms with Gasteiger partial charge in [0.2, 0.25) is 6.29 Å². The van der Waals surface area contributed by atoms with Crippen LogP contribution >= 0.6 is 8.60 Å². The molecule has 2 aliphatic heterocycles. The Morgan fingerprint density at radius 1 is 0.456 bits per heavy atom. The Kier molecular flexibility index (Phi) is 22.9. The maximum absolute atomic E-state index is 12.9. The van der Waals surface area contributed by atoms with Gasteiger partial charge in [-0.2, -0.15) is 0 Å². The fourth-order valence-electron chi connectivity index (χ4n) is 8.98. The van der Waals surface area contributed by atoms with Crippen LogP contribution in [0.4, 0.5) is 0 Å². The average Bonchev–Trinajstić information content (AvgIpc) is 3.63. The highest BCUT2D eigenvalue weighted by Crippen LogP contribution is 2.49. The maximum atomic E-state index is 12.9. The van der Waals surface area contributed by atoms with Gasteiger partial charge in [-0.25, -0.2) is 0 Å². The molecule has 0 spiro atoms. The fourth-order valence-corrected chi connectivity index (χ4v) is 11.3. The van der Waals surface area contributed by atoms with Crippen molar-refractivity contribution in [1.29, 1.82) is 0 Å². The first-order valence-electron chi connectivity index (χ1n) is 27.0. The number of hydrogen-bond acceptors (Lipinski definition) is 14. The van der Waals surface area contributed by atoms with Crippen LogP contribution in [-0.4, -0.2) is 96.0 Å². The number of ether oxygens (including phenoxy) is 9. The molecule has 2 saturated heterocycles. The summed E-state index contributed by atoms with van der Waals surface area (Å²) in [7, 11) is -3.44. The van der Waals surface area contributed by atoms with Crippen LogP contribution in [0, 0.1) is 0 Å². The molecule has 0 amide bonds. The molecule has 422 valence electrons. The lowest BCUT2D eigenvalue weighted by Gasteiger charge is -2.50. The molecule has 2 aliphatic rings. The molecular formula is C63H77O14PSi. The molecular weight excluding hydrogens is 1040 g/mol. The van der Waals surface area contributed by atoms with E-state index in [9.17, 15) is 4.79 Å². The SMILES string of the molecule is COP(O[C@H]1O[C@H](COCc2ccccc2)[C@@H](O[Si](C)(C)C(C)(C)C)[C@H](OCc2ccccc2)[C@H]1OCc1ccccc1)O[C@H]1[C@H](OCc2ccccc2)[C@@H](OCc2ccccc2)C(OC(C)=O)O[C@@H]1COCc1ccccc1. The second-order valence-electron chi connectivity index (χ2n) is 21.2. The van der Waals surface area contributed by atoms with Crippen molar-refractivity contribution in [2.75, 3.05) is 20.3 Å². The third-order valence-electron chi connectivity index (χ3n) is 14.2. The second-order valence-corrected chi connectivity index (χ2v) is 27.2. The summed E-state index contributed by atoms with van der Waals surface area (Å²) >= 11 is 0. The van der Waals surface area contributed by atoms with Gasteiger partial charge in [0.15, 0.2) is 14.6 Å². The highest BCUT2D eigenvalue weighted by atomic mass is 31.2. The molecule has 0 N–H and O–H groups in total. The van der Waals surface area contributed by atoms with E-state index >= 15 is 0 Å². The van der Waals surface area contributed by atoms with Gasteiger partial charge >= 0.3 is 14.6 Å². The molecule has 0 bridgehead atoms. The summed E-state index contributed by atoms with van der Waals surface area (Å²) in [6.45, 7) is 13.8. The molecule has 79 heavy (non-hydrogen) atoms. The van der Waals surface area contributed by atoms with Crippen molar-refractivity contribution in [3.05, 3.63) is 215 Å². The van der Waals surface area contributed by atoms with E-state index in [1.165, 1.54) is 14.0 Å². The van der Waals surface area contributed by atoms with Crippen LogP contribution in [0.2, 0.25) is 18.1 Å². The van der Waals surface area contributed by atoms with Gasteiger partial charge in [-0.15, -0.1) is 0 Å². The minimum Gasteiger partial charge on any atom is -0.433 e. The Morgan fingerprint density at radius 3 is 1.15 bits per heavy atom. The molecule has 16 heteroatoms. The second kappa shape index (κ2) is 30.1. The Balaban J connectivity index is 1.18. The molecule has 11 atom stereocenters. The van der Waals surface area contributed by atoms with E-state index in [0.717, 1.165) is 33.4 Å². The van der Waals surface area contributed by atoms with Gasteiger partial charge in [-0.05, 0) is 51.5 Å². The lowest BCUT2D eigenvalue weighted by Crippen LogP contribution is -2.64. The van der Waals surface area contributed by atoms with E-state index in [-0.39, 0.29) is 51.3 Å². The number of hydrogen-bond donors (Lipinski definition) is 0. The van der Waals surface area contributed by atoms with Crippen molar-refractivity contribution in [3.8, 4) is 0 Å². The van der Waals surface area contributed by atoms with Gasteiger partial charge in [0, 0.05) is 14.0 Å². The standard InChI is InChI=1S/C63H77O14PSi/c1-46(64)72-61-59(70-42-51-34-22-12-23-35-51)57(68-40-49-30-18-10-19-31-49)55(53(73-61)44-66-38-47-26-14-8-15-27-47)75-78(65-5)76-62-60(71-43-52-36-24-13-25-37-52)58(69-41-50-32-20-11-21-33-50)56(77-79(6,7)63(2,3)4)54(74-62)45-67-39-48-28-16-9-17-29-48/h8-37,53-62H,38-45H2,1-7H3/t53-,54-,55-,56-,57+,58+,59-,60-,61?,62-,78?/m1/s1. The predicted octanol–water partition coefficient (Wildman–Crippen LogP) is 12.4. The molecule has 8 rings (SSSR count). The monoisotopic (exact) mass is 1120 g/mol. The quantitative estimate of drug-likeness (QED) is 0.0262. The molecule has 14 nitrogen and oxygen atoms in total. The van der Waals surface area contributed by atoms with Crippen LogP contribution in [0.5, 0.6) is 0 Å². The summed E-state index contributed by atoms with van der Waals surface area (Å²) in [4.78, 5) is 12.9. The molecule has 2 heterocycles. The minimum atomic E-state index is -2.57. The van der Waals surface area contributed by atoms with Gasteiger partial charge in [0.25, 0.3) is 0 Å². The van der Waals surface area contributed by atoms with Gasteiger partial charge in [0.05, 0.1) is 52.9 Å². The summed E-state index contributed by atoms with van der Waals surface area (Å²) in [6.07, 6.45) is -9.41. The normalized spacial score (nSPS) is 23.9. The highest BCUT2D eigenvalue weighted by Gasteiger charge is 2.55. The zero-order valence-corrected chi connectivity index (χ0v) is 48.3. The van der Waals surface area contributed by atoms with Gasteiger partial charge in [0.1, 0.15) is 48.8 Å². The molecule has 2 unspecified atom stereocenters. The number of esters is 1. The first-order valence-corrected chi connectivity index (χ1v) is 31.0. The lowest BCUT2D eigenvalue weighted by molar-refractivity contribution is -0.314. The Bertz CT molecular complexity index is 2660. The van der Waals surface area contributed by atoms with Crippen LogP contribution < -0.4 is 0 Å².